The minimum atomic E-state index is 0.0311. The molecule has 0 bridgehead atoms. The maximum atomic E-state index is 12.8. The van der Waals surface area contributed by atoms with Gasteiger partial charge in [0.1, 0.15) is 6.61 Å². The molecule has 2 N–H and O–H groups in total. The molecule has 2 aliphatic rings. The number of benzene rings is 2. The lowest BCUT2D eigenvalue weighted by molar-refractivity contribution is 0.0980. The van der Waals surface area contributed by atoms with Crippen LogP contribution in [0.25, 0.3) is 0 Å². The third-order valence-corrected chi connectivity index (χ3v) is 5.13. The third-order valence-electron chi connectivity index (χ3n) is 4.90. The van der Waals surface area contributed by atoms with Crippen LogP contribution in [0.15, 0.2) is 47.5 Å². The Balaban J connectivity index is 1.44. The number of hydrogen-bond donors (Lipinski definition) is 1. The molecule has 5 nitrogen and oxygen atoms in total. The molecular formula is C20H20ClN3O2. The summed E-state index contributed by atoms with van der Waals surface area (Å²) in [5.74, 6) is 0.0311. The number of ether oxygens (including phenoxy) is 1. The molecule has 0 radical (unpaired) electrons. The maximum absolute atomic E-state index is 12.8. The summed E-state index contributed by atoms with van der Waals surface area (Å²) in [5.41, 5.74) is 9.43. The molecular weight excluding hydrogens is 350 g/mol. The first-order chi connectivity index (χ1) is 12.6. The standard InChI is InChI=1S/C20H20ClN3O2/c21-15-4-8-18-14(11-15)9-10-24(19(18)25)17-6-2-13(3-7-17)1-5-16-12-26-20(22)23-16/h2-4,6-8,11,16H,1,5,9-10,12H2,(H2,22,23). The summed E-state index contributed by atoms with van der Waals surface area (Å²) in [6, 6.07) is 14.1. The van der Waals surface area contributed by atoms with Crippen LogP contribution in [-0.2, 0) is 17.6 Å². The summed E-state index contributed by atoms with van der Waals surface area (Å²) in [7, 11) is 0. The van der Waals surface area contributed by atoms with E-state index in [4.69, 9.17) is 22.1 Å². The first-order valence-electron chi connectivity index (χ1n) is 8.75. The number of aliphatic imine (C=N–C) groups is 1. The molecule has 4 rings (SSSR count). The summed E-state index contributed by atoms with van der Waals surface area (Å²) in [4.78, 5) is 18.9. The van der Waals surface area contributed by atoms with Crippen molar-refractivity contribution in [2.75, 3.05) is 18.1 Å². The highest BCUT2D eigenvalue weighted by atomic mass is 35.5. The van der Waals surface area contributed by atoms with Gasteiger partial charge in [-0.3, -0.25) is 4.79 Å². The van der Waals surface area contributed by atoms with Crippen molar-refractivity contribution in [1.82, 2.24) is 0 Å². The number of amides is 1. The fourth-order valence-corrected chi connectivity index (χ4v) is 3.66. The van der Waals surface area contributed by atoms with Gasteiger partial charge in [-0.25, -0.2) is 4.99 Å². The summed E-state index contributed by atoms with van der Waals surface area (Å²) >= 11 is 6.03. The zero-order chi connectivity index (χ0) is 18.1. The van der Waals surface area contributed by atoms with E-state index in [1.807, 2.05) is 29.2 Å². The van der Waals surface area contributed by atoms with Gasteiger partial charge in [-0.2, -0.15) is 0 Å². The van der Waals surface area contributed by atoms with Crippen LogP contribution in [0.5, 0.6) is 0 Å². The van der Waals surface area contributed by atoms with Crippen molar-refractivity contribution >= 4 is 29.2 Å². The van der Waals surface area contributed by atoms with Gasteiger partial charge in [-0.05, 0) is 60.7 Å². The second kappa shape index (κ2) is 7.00. The number of nitrogens with zero attached hydrogens (tertiary/aromatic N) is 2. The van der Waals surface area contributed by atoms with E-state index in [0.29, 0.717) is 18.2 Å². The van der Waals surface area contributed by atoms with E-state index >= 15 is 0 Å². The molecule has 134 valence electrons. The van der Waals surface area contributed by atoms with E-state index in [-0.39, 0.29) is 18.0 Å². The molecule has 1 unspecified atom stereocenters. The Bertz CT molecular complexity index is 864. The van der Waals surface area contributed by atoms with Gasteiger partial charge in [0.2, 0.25) is 0 Å². The summed E-state index contributed by atoms with van der Waals surface area (Å²) < 4.78 is 5.18. The SMILES string of the molecule is NC1=NC(CCc2ccc(N3CCc4cc(Cl)ccc4C3=O)cc2)CO1. The van der Waals surface area contributed by atoms with E-state index in [2.05, 4.69) is 17.1 Å². The molecule has 26 heavy (non-hydrogen) atoms. The monoisotopic (exact) mass is 369 g/mol. The number of aryl methyl sites for hydroxylation is 1. The molecule has 0 aliphatic carbocycles. The number of anilines is 1. The zero-order valence-corrected chi connectivity index (χ0v) is 15.1. The minimum absolute atomic E-state index is 0.0311. The van der Waals surface area contributed by atoms with E-state index in [1.54, 1.807) is 6.07 Å². The van der Waals surface area contributed by atoms with Gasteiger partial charge >= 0.3 is 0 Å². The van der Waals surface area contributed by atoms with Gasteiger partial charge in [-0.1, -0.05) is 23.7 Å². The van der Waals surface area contributed by atoms with E-state index in [0.717, 1.165) is 36.1 Å². The van der Waals surface area contributed by atoms with Gasteiger partial charge < -0.3 is 15.4 Å². The Morgan fingerprint density at radius 3 is 2.77 bits per heavy atom. The Labute approximate surface area is 157 Å². The van der Waals surface area contributed by atoms with Crippen molar-refractivity contribution in [2.45, 2.75) is 25.3 Å². The molecule has 2 heterocycles. The van der Waals surface area contributed by atoms with Crippen LogP contribution in [0.2, 0.25) is 5.02 Å². The third kappa shape index (κ3) is 3.40. The van der Waals surface area contributed by atoms with Gasteiger partial charge in [0.05, 0.1) is 6.04 Å². The van der Waals surface area contributed by atoms with Crippen molar-refractivity contribution in [2.24, 2.45) is 10.7 Å². The number of nitrogens with two attached hydrogens (primary N) is 1. The molecule has 1 atom stereocenters. The lowest BCUT2D eigenvalue weighted by atomic mass is 9.98. The van der Waals surface area contributed by atoms with Crippen LogP contribution in [0.4, 0.5) is 5.69 Å². The van der Waals surface area contributed by atoms with Crippen molar-refractivity contribution in [3.8, 4) is 0 Å². The average Bonchev–Trinajstić information content (AvgIpc) is 3.06. The number of rotatable bonds is 4. The molecule has 0 spiro atoms. The quantitative estimate of drug-likeness (QED) is 0.899. The van der Waals surface area contributed by atoms with Gasteiger partial charge in [-0.15, -0.1) is 0 Å². The highest BCUT2D eigenvalue weighted by molar-refractivity contribution is 6.30. The molecule has 0 fully saturated rings. The smallest absolute Gasteiger partial charge is 0.282 e. The molecule has 0 saturated heterocycles. The first kappa shape index (κ1) is 16.9. The van der Waals surface area contributed by atoms with Crippen molar-refractivity contribution in [3.05, 3.63) is 64.2 Å². The largest absolute Gasteiger partial charge is 0.463 e. The first-order valence-corrected chi connectivity index (χ1v) is 9.13. The van der Waals surface area contributed by atoms with Crippen molar-refractivity contribution in [3.63, 3.8) is 0 Å². The molecule has 2 aromatic rings. The lowest BCUT2D eigenvalue weighted by Gasteiger charge is -2.29. The summed E-state index contributed by atoms with van der Waals surface area (Å²) in [6.45, 7) is 1.23. The maximum Gasteiger partial charge on any atom is 0.282 e. The highest BCUT2D eigenvalue weighted by Gasteiger charge is 2.25. The molecule has 0 saturated carbocycles. The van der Waals surface area contributed by atoms with Crippen LogP contribution in [0, 0.1) is 0 Å². The van der Waals surface area contributed by atoms with Crippen LogP contribution in [0.1, 0.15) is 27.9 Å². The Morgan fingerprint density at radius 2 is 2.04 bits per heavy atom. The summed E-state index contributed by atoms with van der Waals surface area (Å²) in [5, 5.41) is 0.674. The van der Waals surface area contributed by atoms with Crippen LogP contribution in [-0.4, -0.2) is 31.1 Å². The van der Waals surface area contributed by atoms with Crippen LogP contribution < -0.4 is 10.6 Å². The van der Waals surface area contributed by atoms with Gasteiger partial charge in [0.15, 0.2) is 0 Å². The summed E-state index contributed by atoms with van der Waals surface area (Å²) in [6.07, 6.45) is 2.61. The van der Waals surface area contributed by atoms with Crippen molar-refractivity contribution in [1.29, 1.82) is 0 Å². The second-order valence-corrected chi connectivity index (χ2v) is 7.08. The molecule has 2 aliphatic heterocycles. The zero-order valence-electron chi connectivity index (χ0n) is 14.3. The van der Waals surface area contributed by atoms with Gasteiger partial charge in [0.25, 0.3) is 11.9 Å². The van der Waals surface area contributed by atoms with Gasteiger partial charge in [0, 0.05) is 22.8 Å². The van der Waals surface area contributed by atoms with Crippen LogP contribution in [0.3, 0.4) is 0 Å². The average molecular weight is 370 g/mol. The predicted octanol–water partition coefficient (Wildman–Crippen LogP) is 3.19. The minimum Gasteiger partial charge on any atom is -0.463 e. The number of hydrogen-bond acceptors (Lipinski definition) is 4. The topological polar surface area (TPSA) is 67.9 Å². The molecule has 0 aromatic heterocycles. The van der Waals surface area contributed by atoms with E-state index < -0.39 is 0 Å². The van der Waals surface area contributed by atoms with Crippen LogP contribution >= 0.6 is 11.6 Å². The lowest BCUT2D eigenvalue weighted by Crippen LogP contribution is -2.37. The Kier molecular flexibility index (Phi) is 4.55. The Hall–Kier alpha value is -2.53. The Morgan fingerprint density at radius 1 is 1.23 bits per heavy atom. The molecule has 1 amide bonds. The number of fused-ring (bicyclic) bond motifs is 1. The normalized spacial score (nSPS) is 19.1. The number of carbonyl (C=O) groups is 1. The van der Waals surface area contributed by atoms with E-state index in [1.165, 1.54) is 5.56 Å². The van der Waals surface area contributed by atoms with E-state index in [9.17, 15) is 4.79 Å². The molecule has 2 aromatic carbocycles. The molecule has 6 heteroatoms. The van der Waals surface area contributed by atoms with Crippen molar-refractivity contribution < 1.29 is 9.53 Å². The number of halogens is 1. The second-order valence-electron chi connectivity index (χ2n) is 6.65. The fraction of sp³-hybridized carbons (Fsp3) is 0.300. The number of amidine groups is 1. The predicted molar refractivity (Wildman–Crippen MR) is 103 cm³/mol. The highest BCUT2D eigenvalue weighted by Crippen LogP contribution is 2.27. The number of carbonyl (C=O) groups excluding carboxylic acids is 1. The fourth-order valence-electron chi connectivity index (χ4n) is 3.46.